The molecule has 7 nitrogen and oxygen atoms in total. The number of ether oxygens (including phenoxy) is 1. The average Bonchev–Trinajstić information content (AvgIpc) is 3.39. The maximum Gasteiger partial charge on any atom is 0.257 e. The van der Waals surface area contributed by atoms with Gasteiger partial charge in [0.1, 0.15) is 5.82 Å². The maximum absolute atomic E-state index is 13.9. The SMILES string of the molecule is Cc1[nH]c2c(C(=O)N3CCOC(c4nc(Cc5ccccc5F)no4)C3)cccc2c1C. The van der Waals surface area contributed by atoms with Gasteiger partial charge in [-0.25, -0.2) is 4.39 Å². The summed E-state index contributed by atoms with van der Waals surface area (Å²) in [4.78, 5) is 22.8. The molecule has 32 heavy (non-hydrogen) atoms. The Morgan fingerprint density at radius 1 is 1.22 bits per heavy atom. The Morgan fingerprint density at radius 2 is 2.06 bits per heavy atom. The number of rotatable bonds is 4. The smallest absolute Gasteiger partial charge is 0.257 e. The number of aryl methyl sites for hydroxylation is 2. The lowest BCUT2D eigenvalue weighted by atomic mass is 10.1. The van der Waals surface area contributed by atoms with Crippen molar-refractivity contribution in [2.24, 2.45) is 0 Å². The van der Waals surface area contributed by atoms with Crippen molar-refractivity contribution in [2.45, 2.75) is 26.4 Å². The van der Waals surface area contributed by atoms with Gasteiger partial charge >= 0.3 is 0 Å². The summed E-state index contributed by atoms with van der Waals surface area (Å²) in [5.41, 5.74) is 4.16. The van der Waals surface area contributed by atoms with E-state index in [4.69, 9.17) is 9.26 Å². The number of carbonyl (C=O) groups is 1. The molecule has 0 bridgehead atoms. The van der Waals surface area contributed by atoms with Crippen molar-refractivity contribution >= 4 is 16.8 Å². The Hall–Kier alpha value is -3.52. The Bertz CT molecular complexity index is 1300. The van der Waals surface area contributed by atoms with Crippen LogP contribution in [0.2, 0.25) is 0 Å². The zero-order valence-corrected chi connectivity index (χ0v) is 17.9. The molecule has 1 N–H and O–H groups in total. The van der Waals surface area contributed by atoms with Gasteiger partial charge in [-0.3, -0.25) is 4.79 Å². The maximum atomic E-state index is 13.9. The molecule has 1 aliphatic rings. The minimum Gasteiger partial charge on any atom is -0.365 e. The number of fused-ring (bicyclic) bond motifs is 1. The van der Waals surface area contributed by atoms with Gasteiger partial charge in [0.2, 0.25) is 0 Å². The Balaban J connectivity index is 1.34. The van der Waals surface area contributed by atoms with Crippen LogP contribution in [0.1, 0.15) is 45.0 Å². The van der Waals surface area contributed by atoms with Crippen LogP contribution in [0, 0.1) is 19.7 Å². The number of amides is 1. The van der Waals surface area contributed by atoms with Gasteiger partial charge in [-0.2, -0.15) is 4.98 Å². The number of halogens is 1. The van der Waals surface area contributed by atoms with Gasteiger partial charge < -0.3 is 19.1 Å². The first-order chi connectivity index (χ1) is 15.5. The normalized spacial score (nSPS) is 16.6. The molecule has 1 amide bonds. The van der Waals surface area contributed by atoms with E-state index in [0.29, 0.717) is 42.5 Å². The molecule has 5 rings (SSSR count). The van der Waals surface area contributed by atoms with E-state index in [1.807, 2.05) is 32.0 Å². The fourth-order valence-electron chi connectivity index (χ4n) is 4.10. The summed E-state index contributed by atoms with van der Waals surface area (Å²) in [6, 6.07) is 12.2. The highest BCUT2D eigenvalue weighted by Gasteiger charge is 2.31. The molecule has 1 unspecified atom stereocenters. The topological polar surface area (TPSA) is 84.2 Å². The Morgan fingerprint density at radius 3 is 2.91 bits per heavy atom. The number of nitrogens with zero attached hydrogens (tertiary/aromatic N) is 3. The largest absolute Gasteiger partial charge is 0.365 e. The molecule has 3 heterocycles. The predicted octanol–water partition coefficient (Wildman–Crippen LogP) is 4.11. The van der Waals surface area contributed by atoms with Crippen molar-refractivity contribution in [1.29, 1.82) is 0 Å². The summed E-state index contributed by atoms with van der Waals surface area (Å²) in [7, 11) is 0. The minimum atomic E-state index is -0.527. The lowest BCUT2D eigenvalue weighted by molar-refractivity contribution is -0.0366. The lowest BCUT2D eigenvalue weighted by Crippen LogP contribution is -2.42. The van der Waals surface area contributed by atoms with Gasteiger partial charge in [-0.15, -0.1) is 0 Å². The highest BCUT2D eigenvalue weighted by Crippen LogP contribution is 2.27. The second-order valence-electron chi connectivity index (χ2n) is 8.03. The molecule has 8 heteroatoms. The summed E-state index contributed by atoms with van der Waals surface area (Å²) in [6.45, 7) is 5.18. The number of benzene rings is 2. The number of hydrogen-bond donors (Lipinski definition) is 1. The van der Waals surface area contributed by atoms with Crippen LogP contribution in [0.25, 0.3) is 10.9 Å². The molecule has 2 aromatic carbocycles. The third kappa shape index (κ3) is 3.67. The lowest BCUT2D eigenvalue weighted by Gasteiger charge is -2.31. The van der Waals surface area contributed by atoms with E-state index in [1.165, 1.54) is 6.07 Å². The quantitative estimate of drug-likeness (QED) is 0.523. The zero-order valence-electron chi connectivity index (χ0n) is 17.9. The van der Waals surface area contributed by atoms with Gasteiger partial charge in [0.15, 0.2) is 11.9 Å². The molecule has 1 fully saturated rings. The van der Waals surface area contributed by atoms with Crippen LogP contribution in [0.3, 0.4) is 0 Å². The summed E-state index contributed by atoms with van der Waals surface area (Å²) in [5.74, 6) is 0.280. The van der Waals surface area contributed by atoms with Crippen molar-refractivity contribution in [3.63, 3.8) is 0 Å². The predicted molar refractivity (Wildman–Crippen MR) is 116 cm³/mol. The van der Waals surface area contributed by atoms with Crippen LogP contribution >= 0.6 is 0 Å². The Labute approximate surface area is 184 Å². The number of hydrogen-bond acceptors (Lipinski definition) is 5. The molecule has 2 aromatic heterocycles. The first-order valence-electron chi connectivity index (χ1n) is 10.6. The van der Waals surface area contributed by atoms with E-state index in [1.54, 1.807) is 23.1 Å². The second kappa shape index (κ2) is 8.20. The fraction of sp³-hybridized carbons (Fsp3) is 0.292. The molecule has 0 spiro atoms. The van der Waals surface area contributed by atoms with E-state index < -0.39 is 6.10 Å². The number of carbonyl (C=O) groups excluding carboxylic acids is 1. The molecule has 1 atom stereocenters. The summed E-state index contributed by atoms with van der Waals surface area (Å²) in [5, 5.41) is 5.02. The second-order valence-corrected chi connectivity index (χ2v) is 8.03. The minimum absolute atomic E-state index is 0.0729. The first-order valence-corrected chi connectivity index (χ1v) is 10.6. The van der Waals surface area contributed by atoms with Crippen molar-refractivity contribution in [3.8, 4) is 0 Å². The van der Waals surface area contributed by atoms with Crippen molar-refractivity contribution in [3.05, 3.63) is 82.4 Å². The van der Waals surface area contributed by atoms with Crippen LogP contribution in [0.4, 0.5) is 4.39 Å². The number of para-hydroxylation sites is 1. The highest BCUT2D eigenvalue weighted by molar-refractivity contribution is 6.06. The van der Waals surface area contributed by atoms with Gasteiger partial charge in [0.25, 0.3) is 11.8 Å². The van der Waals surface area contributed by atoms with Crippen molar-refractivity contribution in [1.82, 2.24) is 20.0 Å². The number of morpholine rings is 1. The molecular weight excluding hydrogens is 411 g/mol. The number of nitrogens with one attached hydrogen (secondary N) is 1. The summed E-state index contributed by atoms with van der Waals surface area (Å²) in [6.07, 6.45) is -0.306. The van der Waals surface area contributed by atoms with Gasteiger partial charge in [0.05, 0.1) is 24.2 Å². The van der Waals surface area contributed by atoms with Gasteiger partial charge in [-0.05, 0) is 37.1 Å². The van der Waals surface area contributed by atoms with Crippen LogP contribution < -0.4 is 0 Å². The van der Waals surface area contributed by atoms with E-state index >= 15 is 0 Å². The van der Waals surface area contributed by atoms with Crippen molar-refractivity contribution < 1.29 is 18.4 Å². The standard InChI is InChI=1S/C24H23FN4O3/c1-14-15(2)26-22-17(14)7-5-8-18(22)24(30)29-10-11-31-20(13-29)23-27-21(28-32-23)12-16-6-3-4-9-19(16)25/h3-9,20,26H,10-13H2,1-2H3. The van der Waals surface area contributed by atoms with E-state index in [9.17, 15) is 9.18 Å². The molecular formula is C24H23FN4O3. The van der Waals surface area contributed by atoms with Crippen LogP contribution in [0.5, 0.6) is 0 Å². The third-order valence-electron chi connectivity index (χ3n) is 5.99. The van der Waals surface area contributed by atoms with Gasteiger partial charge in [-0.1, -0.05) is 35.5 Å². The molecule has 4 aromatic rings. The monoisotopic (exact) mass is 434 g/mol. The Kier molecular flexibility index (Phi) is 5.22. The molecule has 164 valence electrons. The molecule has 1 saturated heterocycles. The number of aromatic nitrogens is 3. The van der Waals surface area contributed by atoms with Crippen LogP contribution in [-0.2, 0) is 11.2 Å². The molecule has 0 saturated carbocycles. The van der Waals surface area contributed by atoms with E-state index in [0.717, 1.165) is 22.2 Å². The average molecular weight is 434 g/mol. The number of H-pyrrole nitrogens is 1. The molecule has 0 aliphatic carbocycles. The van der Waals surface area contributed by atoms with E-state index in [-0.39, 0.29) is 18.1 Å². The summed E-state index contributed by atoms with van der Waals surface area (Å²) < 4.78 is 25.1. The highest BCUT2D eigenvalue weighted by atomic mass is 19.1. The van der Waals surface area contributed by atoms with Crippen LogP contribution in [-0.4, -0.2) is 45.6 Å². The molecule has 1 aliphatic heterocycles. The van der Waals surface area contributed by atoms with Crippen molar-refractivity contribution in [2.75, 3.05) is 19.7 Å². The third-order valence-corrected chi connectivity index (χ3v) is 5.99. The number of aromatic amines is 1. The zero-order chi connectivity index (χ0) is 22.2. The van der Waals surface area contributed by atoms with Gasteiger partial charge in [0, 0.05) is 24.0 Å². The fourth-order valence-corrected chi connectivity index (χ4v) is 4.10. The first kappa shape index (κ1) is 20.4. The molecule has 0 radical (unpaired) electrons. The van der Waals surface area contributed by atoms with E-state index in [2.05, 4.69) is 15.1 Å². The van der Waals surface area contributed by atoms with Crippen LogP contribution in [0.15, 0.2) is 47.0 Å². The summed E-state index contributed by atoms with van der Waals surface area (Å²) >= 11 is 0.